The largest absolute Gasteiger partial charge is 0.465 e. The molecule has 0 aliphatic carbocycles. The summed E-state index contributed by atoms with van der Waals surface area (Å²) in [5.74, 6) is -1.23. The molecular formula is C17H17FO4S. The minimum Gasteiger partial charge on any atom is -0.465 e. The van der Waals surface area contributed by atoms with Crippen molar-refractivity contribution in [2.75, 3.05) is 6.61 Å². The maximum Gasteiger partial charge on any atom is 0.325 e. The van der Waals surface area contributed by atoms with E-state index in [1.807, 2.05) is 0 Å². The molecule has 0 aromatic heterocycles. The summed E-state index contributed by atoms with van der Waals surface area (Å²) in [4.78, 5) is 12.2. The van der Waals surface area contributed by atoms with Crippen LogP contribution in [0.2, 0.25) is 0 Å². The van der Waals surface area contributed by atoms with Crippen LogP contribution in [0.1, 0.15) is 12.5 Å². The number of carbonyl (C=O) groups is 1. The lowest BCUT2D eigenvalue weighted by atomic mass is 10.1. The molecule has 1 unspecified atom stereocenters. The second-order valence-electron chi connectivity index (χ2n) is 4.93. The highest BCUT2D eigenvalue weighted by Crippen LogP contribution is 2.21. The Bertz CT molecular complexity index is 755. The number of ether oxygens (including phenoxy) is 1. The topological polar surface area (TPSA) is 60.4 Å². The quantitative estimate of drug-likeness (QED) is 0.761. The highest BCUT2D eigenvalue weighted by molar-refractivity contribution is 7.92. The first-order chi connectivity index (χ1) is 10.9. The van der Waals surface area contributed by atoms with E-state index < -0.39 is 26.9 Å². The Hall–Kier alpha value is -2.21. The van der Waals surface area contributed by atoms with Crippen molar-refractivity contribution in [2.45, 2.75) is 23.5 Å². The fraction of sp³-hybridized carbons (Fsp3) is 0.235. The van der Waals surface area contributed by atoms with E-state index in [4.69, 9.17) is 4.74 Å². The molecular weight excluding hydrogens is 319 g/mol. The average molecular weight is 336 g/mol. The zero-order chi connectivity index (χ0) is 16.9. The minimum atomic E-state index is -3.90. The molecule has 122 valence electrons. The Kier molecular flexibility index (Phi) is 5.50. The van der Waals surface area contributed by atoms with E-state index in [-0.39, 0.29) is 17.9 Å². The van der Waals surface area contributed by atoms with Gasteiger partial charge in [-0.3, -0.25) is 4.79 Å². The number of hydrogen-bond acceptors (Lipinski definition) is 4. The second kappa shape index (κ2) is 7.37. The Balaban J connectivity index is 2.38. The van der Waals surface area contributed by atoms with Crippen molar-refractivity contribution in [1.29, 1.82) is 0 Å². The van der Waals surface area contributed by atoms with Crippen LogP contribution in [0, 0.1) is 5.82 Å². The van der Waals surface area contributed by atoms with Gasteiger partial charge in [-0.05, 0) is 36.8 Å². The summed E-state index contributed by atoms with van der Waals surface area (Å²) >= 11 is 0. The first kappa shape index (κ1) is 17.1. The number of hydrogen-bond donors (Lipinski definition) is 0. The van der Waals surface area contributed by atoms with E-state index in [1.165, 1.54) is 36.4 Å². The summed E-state index contributed by atoms with van der Waals surface area (Å²) in [7, 11) is -3.90. The molecule has 0 saturated carbocycles. The highest BCUT2D eigenvalue weighted by atomic mass is 32.2. The van der Waals surface area contributed by atoms with E-state index in [1.54, 1.807) is 25.1 Å². The van der Waals surface area contributed by atoms with Gasteiger partial charge in [0.15, 0.2) is 15.1 Å². The normalized spacial score (nSPS) is 12.6. The third kappa shape index (κ3) is 4.16. The molecule has 23 heavy (non-hydrogen) atoms. The molecule has 0 saturated heterocycles. The third-order valence-electron chi connectivity index (χ3n) is 3.33. The molecule has 1 atom stereocenters. The maximum atomic E-state index is 13.0. The number of carbonyl (C=O) groups excluding carboxylic acids is 1. The monoisotopic (exact) mass is 336 g/mol. The number of sulfone groups is 1. The van der Waals surface area contributed by atoms with Crippen molar-refractivity contribution in [2.24, 2.45) is 0 Å². The third-order valence-corrected chi connectivity index (χ3v) is 5.37. The van der Waals surface area contributed by atoms with E-state index in [2.05, 4.69) is 0 Å². The lowest BCUT2D eigenvalue weighted by molar-refractivity contribution is -0.142. The predicted octanol–water partition coefficient (Wildman–Crippen LogP) is 2.77. The van der Waals surface area contributed by atoms with Crippen molar-refractivity contribution in [3.05, 3.63) is 66.0 Å². The Morgan fingerprint density at radius 2 is 1.70 bits per heavy atom. The van der Waals surface area contributed by atoms with Crippen LogP contribution < -0.4 is 0 Å². The zero-order valence-corrected chi connectivity index (χ0v) is 13.4. The molecule has 0 amide bonds. The van der Waals surface area contributed by atoms with Crippen molar-refractivity contribution in [3.8, 4) is 0 Å². The van der Waals surface area contributed by atoms with Crippen LogP contribution >= 0.6 is 0 Å². The smallest absolute Gasteiger partial charge is 0.325 e. The molecule has 0 N–H and O–H groups in total. The van der Waals surface area contributed by atoms with Gasteiger partial charge in [0.05, 0.1) is 11.5 Å². The maximum absolute atomic E-state index is 13.0. The summed E-state index contributed by atoms with van der Waals surface area (Å²) in [6.45, 7) is 1.70. The van der Waals surface area contributed by atoms with Gasteiger partial charge in [0, 0.05) is 6.42 Å². The van der Waals surface area contributed by atoms with E-state index in [9.17, 15) is 17.6 Å². The van der Waals surface area contributed by atoms with Crippen LogP contribution in [0.4, 0.5) is 4.39 Å². The van der Waals surface area contributed by atoms with Gasteiger partial charge in [-0.1, -0.05) is 30.3 Å². The number of halogens is 1. The van der Waals surface area contributed by atoms with E-state index in [0.717, 1.165) is 0 Å². The fourth-order valence-corrected chi connectivity index (χ4v) is 3.76. The van der Waals surface area contributed by atoms with Gasteiger partial charge < -0.3 is 4.74 Å². The van der Waals surface area contributed by atoms with Crippen molar-refractivity contribution in [1.82, 2.24) is 0 Å². The molecule has 2 rings (SSSR count). The van der Waals surface area contributed by atoms with Gasteiger partial charge >= 0.3 is 5.97 Å². The molecule has 0 radical (unpaired) electrons. The lowest BCUT2D eigenvalue weighted by Gasteiger charge is -2.16. The van der Waals surface area contributed by atoms with E-state index in [0.29, 0.717) is 5.56 Å². The Morgan fingerprint density at radius 3 is 2.26 bits per heavy atom. The van der Waals surface area contributed by atoms with Crippen LogP contribution in [0.5, 0.6) is 0 Å². The fourth-order valence-electron chi connectivity index (χ4n) is 2.16. The molecule has 0 fully saturated rings. The second-order valence-corrected chi connectivity index (χ2v) is 7.06. The van der Waals surface area contributed by atoms with Gasteiger partial charge in [-0.25, -0.2) is 12.8 Å². The molecule has 4 nitrogen and oxygen atoms in total. The van der Waals surface area contributed by atoms with Crippen LogP contribution in [0.3, 0.4) is 0 Å². The lowest BCUT2D eigenvalue weighted by Crippen LogP contribution is -2.34. The molecule has 0 heterocycles. The number of rotatable bonds is 6. The molecule has 6 heteroatoms. The molecule has 0 spiro atoms. The average Bonchev–Trinajstić information content (AvgIpc) is 2.55. The van der Waals surface area contributed by atoms with Crippen molar-refractivity contribution >= 4 is 15.8 Å². The van der Waals surface area contributed by atoms with Crippen LogP contribution in [0.15, 0.2) is 59.5 Å². The van der Waals surface area contributed by atoms with Gasteiger partial charge in [0.2, 0.25) is 0 Å². The van der Waals surface area contributed by atoms with Crippen LogP contribution in [0.25, 0.3) is 0 Å². The summed E-state index contributed by atoms with van der Waals surface area (Å²) in [5.41, 5.74) is 0.545. The first-order valence-electron chi connectivity index (χ1n) is 7.15. The van der Waals surface area contributed by atoms with Crippen molar-refractivity contribution < 1.29 is 22.3 Å². The van der Waals surface area contributed by atoms with Gasteiger partial charge in [0.1, 0.15) is 5.82 Å². The molecule has 0 aliphatic rings. The first-order valence-corrected chi connectivity index (χ1v) is 8.70. The molecule has 2 aromatic carbocycles. The molecule has 0 aliphatic heterocycles. The van der Waals surface area contributed by atoms with Gasteiger partial charge in [0.25, 0.3) is 0 Å². The summed E-state index contributed by atoms with van der Waals surface area (Å²) in [6, 6.07) is 13.1. The Labute approximate surface area is 134 Å². The highest BCUT2D eigenvalue weighted by Gasteiger charge is 2.35. The summed E-state index contributed by atoms with van der Waals surface area (Å²) in [5, 5.41) is -1.37. The van der Waals surface area contributed by atoms with Gasteiger partial charge in [-0.2, -0.15) is 0 Å². The molecule has 2 aromatic rings. The van der Waals surface area contributed by atoms with Crippen LogP contribution in [-0.2, 0) is 25.8 Å². The zero-order valence-electron chi connectivity index (χ0n) is 12.6. The number of esters is 1. The van der Waals surface area contributed by atoms with E-state index >= 15 is 0 Å². The molecule has 0 bridgehead atoms. The minimum absolute atomic E-state index is 0.0557. The Morgan fingerprint density at radius 1 is 1.09 bits per heavy atom. The summed E-state index contributed by atoms with van der Waals surface area (Å²) < 4.78 is 43.4. The predicted molar refractivity (Wildman–Crippen MR) is 84.2 cm³/mol. The standard InChI is InChI=1S/C17H17FO4S/c1-2-22-17(19)16(12-13-8-10-14(18)11-9-13)23(20,21)15-6-4-3-5-7-15/h3-11,16H,2,12H2,1H3. The number of benzene rings is 2. The van der Waals surface area contributed by atoms with Crippen LogP contribution in [-0.4, -0.2) is 26.2 Å². The SMILES string of the molecule is CCOC(=O)C(Cc1ccc(F)cc1)S(=O)(=O)c1ccccc1. The summed E-state index contributed by atoms with van der Waals surface area (Å²) in [6.07, 6.45) is -0.0731. The van der Waals surface area contributed by atoms with Crippen molar-refractivity contribution in [3.63, 3.8) is 0 Å². The van der Waals surface area contributed by atoms with Gasteiger partial charge in [-0.15, -0.1) is 0 Å².